The van der Waals surface area contributed by atoms with Gasteiger partial charge in [0.05, 0.1) is 22.4 Å². The largest absolute Gasteiger partial charge is 0.323 e. The third kappa shape index (κ3) is 4.50. The number of hydrogen-bond donors (Lipinski definition) is 2. The summed E-state index contributed by atoms with van der Waals surface area (Å²) in [6.07, 6.45) is 0. The number of carbonyl (C=O) groups is 1. The van der Waals surface area contributed by atoms with Crippen LogP contribution in [0.3, 0.4) is 0 Å². The van der Waals surface area contributed by atoms with Gasteiger partial charge in [-0.2, -0.15) is 0 Å². The van der Waals surface area contributed by atoms with Gasteiger partial charge in [0.2, 0.25) is 0 Å². The zero-order valence-electron chi connectivity index (χ0n) is 19.0. The number of nitrogens with one attached hydrogen (secondary N) is 2. The Morgan fingerprint density at radius 1 is 0.588 bits per heavy atom. The lowest BCUT2D eigenvalue weighted by Crippen LogP contribution is -2.19. The quantitative estimate of drug-likeness (QED) is 0.307. The molecule has 0 aliphatic heterocycles. The standard InChI is InChI=1S/C29H24N4O/c1-19-13-14-23(17-20(19)2)30-29(34)31-24-15-16-25-26(18-24)33-28(22-11-7-4-8-12-22)27(32-25)21-9-5-3-6-10-21/h3-18H,1-2H3,(H2,30,31,34). The lowest BCUT2D eigenvalue weighted by atomic mass is 10.0. The average Bonchev–Trinajstić information content (AvgIpc) is 2.86. The molecule has 0 atom stereocenters. The monoisotopic (exact) mass is 444 g/mol. The van der Waals surface area contributed by atoms with Crippen LogP contribution in [0, 0.1) is 13.8 Å². The van der Waals surface area contributed by atoms with Gasteiger partial charge in [0.25, 0.3) is 0 Å². The maximum atomic E-state index is 12.6. The van der Waals surface area contributed by atoms with Crippen LogP contribution in [0.25, 0.3) is 33.5 Å². The Kier molecular flexibility index (Phi) is 5.75. The number of fused-ring (bicyclic) bond motifs is 1. The van der Waals surface area contributed by atoms with Gasteiger partial charge < -0.3 is 10.6 Å². The molecule has 0 bridgehead atoms. The predicted molar refractivity (Wildman–Crippen MR) is 139 cm³/mol. The van der Waals surface area contributed by atoms with E-state index in [4.69, 9.17) is 9.97 Å². The normalized spacial score (nSPS) is 10.8. The number of benzene rings is 4. The van der Waals surface area contributed by atoms with E-state index in [2.05, 4.69) is 10.6 Å². The Balaban J connectivity index is 1.49. The summed E-state index contributed by atoms with van der Waals surface area (Å²) in [4.78, 5) is 22.5. The van der Waals surface area contributed by atoms with Crippen molar-refractivity contribution >= 4 is 28.4 Å². The van der Waals surface area contributed by atoms with Crippen molar-refractivity contribution in [2.75, 3.05) is 10.6 Å². The molecule has 166 valence electrons. The molecule has 0 fully saturated rings. The van der Waals surface area contributed by atoms with E-state index in [-0.39, 0.29) is 6.03 Å². The second-order valence-electron chi connectivity index (χ2n) is 8.23. The van der Waals surface area contributed by atoms with Crippen LogP contribution in [0.15, 0.2) is 97.1 Å². The summed E-state index contributed by atoms with van der Waals surface area (Å²) in [7, 11) is 0. The molecule has 1 heterocycles. The van der Waals surface area contributed by atoms with Gasteiger partial charge in [0.15, 0.2) is 0 Å². The molecule has 2 N–H and O–H groups in total. The van der Waals surface area contributed by atoms with Gasteiger partial charge >= 0.3 is 6.03 Å². The number of nitrogens with zero attached hydrogens (tertiary/aromatic N) is 2. The summed E-state index contributed by atoms with van der Waals surface area (Å²) in [6, 6.07) is 31.2. The number of carbonyl (C=O) groups excluding carboxylic acids is 1. The third-order valence-corrected chi connectivity index (χ3v) is 5.78. The van der Waals surface area contributed by atoms with Gasteiger partial charge in [0, 0.05) is 22.5 Å². The van der Waals surface area contributed by atoms with Gasteiger partial charge in [-0.15, -0.1) is 0 Å². The summed E-state index contributed by atoms with van der Waals surface area (Å²) < 4.78 is 0. The van der Waals surface area contributed by atoms with E-state index in [0.717, 1.165) is 39.3 Å². The van der Waals surface area contributed by atoms with Crippen molar-refractivity contribution in [1.29, 1.82) is 0 Å². The summed E-state index contributed by atoms with van der Waals surface area (Å²) in [5.41, 5.74) is 8.80. The Hall–Kier alpha value is -4.51. The molecule has 0 unspecified atom stereocenters. The van der Waals surface area contributed by atoms with Crippen LogP contribution in [0.4, 0.5) is 16.2 Å². The second-order valence-corrected chi connectivity index (χ2v) is 8.23. The summed E-state index contributed by atoms with van der Waals surface area (Å²) in [5, 5.41) is 5.79. The molecule has 4 aromatic carbocycles. The first-order valence-corrected chi connectivity index (χ1v) is 11.1. The summed E-state index contributed by atoms with van der Waals surface area (Å²) in [5.74, 6) is 0. The first-order valence-electron chi connectivity index (χ1n) is 11.1. The molecule has 34 heavy (non-hydrogen) atoms. The zero-order valence-corrected chi connectivity index (χ0v) is 19.0. The van der Waals surface area contributed by atoms with Crippen LogP contribution >= 0.6 is 0 Å². The first kappa shape index (κ1) is 21.3. The molecule has 0 saturated heterocycles. The number of aromatic nitrogens is 2. The molecule has 0 spiro atoms. The lowest BCUT2D eigenvalue weighted by Gasteiger charge is -2.12. The van der Waals surface area contributed by atoms with Crippen molar-refractivity contribution in [3.05, 3.63) is 108 Å². The molecule has 0 aliphatic rings. The van der Waals surface area contributed by atoms with Crippen LogP contribution in [0.5, 0.6) is 0 Å². The molecule has 0 aliphatic carbocycles. The van der Waals surface area contributed by atoms with E-state index in [1.807, 2.05) is 111 Å². The summed E-state index contributed by atoms with van der Waals surface area (Å²) in [6.45, 7) is 4.07. The highest BCUT2D eigenvalue weighted by molar-refractivity contribution is 6.01. The van der Waals surface area contributed by atoms with Crippen molar-refractivity contribution in [1.82, 2.24) is 9.97 Å². The fourth-order valence-electron chi connectivity index (χ4n) is 3.84. The van der Waals surface area contributed by atoms with Crippen LogP contribution in [0.2, 0.25) is 0 Å². The number of amides is 2. The molecule has 5 heteroatoms. The molecule has 1 aromatic heterocycles. The lowest BCUT2D eigenvalue weighted by molar-refractivity contribution is 0.262. The highest BCUT2D eigenvalue weighted by Crippen LogP contribution is 2.31. The maximum Gasteiger partial charge on any atom is 0.323 e. The number of hydrogen-bond acceptors (Lipinski definition) is 3. The van der Waals surface area contributed by atoms with E-state index in [0.29, 0.717) is 11.2 Å². The van der Waals surface area contributed by atoms with Crippen LogP contribution < -0.4 is 10.6 Å². The topological polar surface area (TPSA) is 66.9 Å². The summed E-state index contributed by atoms with van der Waals surface area (Å²) >= 11 is 0. The SMILES string of the molecule is Cc1ccc(NC(=O)Nc2ccc3nc(-c4ccccc4)c(-c4ccccc4)nc3c2)cc1C. The van der Waals surface area contributed by atoms with E-state index in [1.165, 1.54) is 5.56 Å². The van der Waals surface area contributed by atoms with Gasteiger partial charge in [-0.25, -0.2) is 14.8 Å². The molecule has 0 saturated carbocycles. The average molecular weight is 445 g/mol. The molecular formula is C29H24N4O. The van der Waals surface area contributed by atoms with Crippen molar-refractivity contribution in [2.45, 2.75) is 13.8 Å². The Morgan fingerprint density at radius 2 is 1.12 bits per heavy atom. The number of rotatable bonds is 4. The number of urea groups is 1. The highest BCUT2D eigenvalue weighted by atomic mass is 16.2. The minimum absolute atomic E-state index is 0.306. The van der Waals surface area contributed by atoms with E-state index in [1.54, 1.807) is 0 Å². The van der Waals surface area contributed by atoms with E-state index >= 15 is 0 Å². The minimum atomic E-state index is -0.306. The number of aryl methyl sites for hydroxylation is 2. The van der Waals surface area contributed by atoms with Gasteiger partial charge in [-0.1, -0.05) is 66.7 Å². The molecular weight excluding hydrogens is 420 g/mol. The van der Waals surface area contributed by atoms with Crippen LogP contribution in [-0.2, 0) is 0 Å². The Labute approximate surface area is 198 Å². The molecule has 0 radical (unpaired) electrons. The van der Waals surface area contributed by atoms with Gasteiger partial charge in [-0.05, 0) is 55.3 Å². The fourth-order valence-corrected chi connectivity index (χ4v) is 3.84. The molecule has 5 rings (SSSR count). The first-order chi connectivity index (χ1) is 16.6. The molecule has 2 amide bonds. The zero-order chi connectivity index (χ0) is 23.5. The highest BCUT2D eigenvalue weighted by Gasteiger charge is 2.14. The van der Waals surface area contributed by atoms with Crippen molar-refractivity contribution in [3.63, 3.8) is 0 Å². The Morgan fingerprint density at radius 3 is 1.71 bits per heavy atom. The smallest absolute Gasteiger partial charge is 0.308 e. The molecule has 5 nitrogen and oxygen atoms in total. The van der Waals surface area contributed by atoms with E-state index in [9.17, 15) is 4.79 Å². The maximum absolute atomic E-state index is 12.6. The minimum Gasteiger partial charge on any atom is -0.308 e. The van der Waals surface area contributed by atoms with Crippen molar-refractivity contribution in [2.24, 2.45) is 0 Å². The van der Waals surface area contributed by atoms with Gasteiger partial charge in [-0.3, -0.25) is 0 Å². The second kappa shape index (κ2) is 9.16. The fraction of sp³-hybridized carbons (Fsp3) is 0.0690. The van der Waals surface area contributed by atoms with Crippen LogP contribution in [0.1, 0.15) is 11.1 Å². The molecule has 5 aromatic rings. The van der Waals surface area contributed by atoms with Crippen LogP contribution in [-0.4, -0.2) is 16.0 Å². The van der Waals surface area contributed by atoms with Crippen molar-refractivity contribution < 1.29 is 4.79 Å². The number of anilines is 2. The van der Waals surface area contributed by atoms with Gasteiger partial charge in [0.1, 0.15) is 0 Å². The van der Waals surface area contributed by atoms with E-state index < -0.39 is 0 Å². The third-order valence-electron chi connectivity index (χ3n) is 5.78. The van der Waals surface area contributed by atoms with Crippen molar-refractivity contribution in [3.8, 4) is 22.5 Å². The Bertz CT molecular complexity index is 1480. The predicted octanol–water partition coefficient (Wildman–Crippen LogP) is 7.22.